The van der Waals surface area contributed by atoms with Gasteiger partial charge in [-0.15, -0.1) is 0 Å². The van der Waals surface area contributed by atoms with E-state index >= 15 is 0 Å². The molecule has 0 aromatic carbocycles. The molecule has 6 nitrogen and oxygen atoms in total. The van der Waals surface area contributed by atoms with Crippen molar-refractivity contribution in [2.24, 2.45) is 0 Å². The zero-order valence-corrected chi connectivity index (χ0v) is 20.7. The monoisotopic (exact) mass is 417 g/mol. The minimum atomic E-state index is 0.366. The van der Waals surface area contributed by atoms with Crippen LogP contribution < -0.4 is 11.1 Å². The van der Waals surface area contributed by atoms with Crippen molar-refractivity contribution in [3.63, 3.8) is 0 Å². The van der Waals surface area contributed by atoms with Gasteiger partial charge in [0.15, 0.2) is 0 Å². The third-order valence-corrected chi connectivity index (χ3v) is 3.73. The van der Waals surface area contributed by atoms with Crippen LogP contribution >= 0.6 is 0 Å². The molecule has 2 heterocycles. The summed E-state index contributed by atoms with van der Waals surface area (Å²) in [5, 5.41) is 10.2. The molecule has 2 aromatic rings. The van der Waals surface area contributed by atoms with Crippen LogP contribution in [-0.2, 0) is 6.42 Å². The molecule has 0 radical (unpaired) electrons. The number of pyridine rings is 1. The molecule has 2 aromatic heterocycles. The molecular formula is C24H43N5O. The first-order valence-electron chi connectivity index (χ1n) is 10.8. The number of allylic oxidation sites excluding steroid dienone is 1. The lowest BCUT2D eigenvalue weighted by molar-refractivity contribution is 0.399. The largest absolute Gasteiger partial charge is 0.400 e. The highest BCUT2D eigenvalue weighted by Gasteiger charge is 2.17. The molecule has 0 aliphatic rings. The van der Waals surface area contributed by atoms with E-state index in [1.807, 2.05) is 40.8 Å². The van der Waals surface area contributed by atoms with E-state index in [2.05, 4.69) is 50.6 Å². The lowest BCUT2D eigenvalue weighted by Crippen LogP contribution is -2.08. The number of nitrogens with two attached hydrogens (primary N) is 1. The maximum atomic E-state index is 7.00. The van der Waals surface area contributed by atoms with Crippen molar-refractivity contribution >= 4 is 17.2 Å². The van der Waals surface area contributed by atoms with Crippen molar-refractivity contribution < 1.29 is 5.11 Å². The predicted molar refractivity (Wildman–Crippen MR) is 133 cm³/mol. The zero-order chi connectivity index (χ0) is 23.9. The van der Waals surface area contributed by atoms with Gasteiger partial charge in [-0.3, -0.25) is 0 Å². The maximum absolute atomic E-state index is 7.00. The van der Waals surface area contributed by atoms with E-state index in [0.29, 0.717) is 17.4 Å². The van der Waals surface area contributed by atoms with Gasteiger partial charge in [-0.1, -0.05) is 61.5 Å². The molecule has 0 unspecified atom stereocenters. The van der Waals surface area contributed by atoms with E-state index < -0.39 is 0 Å². The van der Waals surface area contributed by atoms with Crippen molar-refractivity contribution in [3.05, 3.63) is 35.8 Å². The number of nitrogens with one attached hydrogen (secondary N) is 1. The highest BCUT2D eigenvalue weighted by Crippen LogP contribution is 2.31. The SMILES string of the molecule is C=C(C)c1nc(-c2ccc(C(C)C)nc2NC)c(CC)nc1N.CC.CCC.CO. The third kappa shape index (κ3) is 8.49. The topological polar surface area (TPSA) is 97.0 Å². The molecule has 30 heavy (non-hydrogen) atoms. The molecule has 0 aliphatic carbocycles. The molecule has 0 aliphatic heterocycles. The lowest BCUT2D eigenvalue weighted by atomic mass is 10.0. The van der Waals surface area contributed by atoms with Crippen LogP contribution in [-0.4, -0.2) is 34.2 Å². The van der Waals surface area contributed by atoms with Crippen LogP contribution in [0.25, 0.3) is 16.8 Å². The van der Waals surface area contributed by atoms with Crippen molar-refractivity contribution in [3.8, 4) is 11.3 Å². The molecule has 0 fully saturated rings. The Balaban J connectivity index is 0. The summed E-state index contributed by atoms with van der Waals surface area (Å²) in [6.07, 6.45) is 2.00. The fourth-order valence-electron chi connectivity index (χ4n) is 2.44. The molecule has 0 saturated carbocycles. The molecule has 4 N–H and O–H groups in total. The maximum Gasteiger partial charge on any atom is 0.150 e. The molecular weight excluding hydrogens is 374 g/mol. The Morgan fingerprint density at radius 3 is 2.03 bits per heavy atom. The summed E-state index contributed by atoms with van der Waals surface area (Å²) in [5.74, 6) is 1.60. The Hall–Kier alpha value is -2.47. The van der Waals surface area contributed by atoms with Gasteiger partial charge < -0.3 is 16.2 Å². The molecule has 0 amide bonds. The highest BCUT2D eigenvalue weighted by molar-refractivity contribution is 5.77. The second kappa shape index (κ2) is 16.3. The van der Waals surface area contributed by atoms with Crippen molar-refractivity contribution in [1.29, 1.82) is 0 Å². The van der Waals surface area contributed by atoms with E-state index in [1.165, 1.54) is 6.42 Å². The van der Waals surface area contributed by atoms with Crippen LogP contribution in [0, 0.1) is 0 Å². The minimum absolute atomic E-state index is 0.366. The highest BCUT2D eigenvalue weighted by atomic mass is 16.2. The Kier molecular flexibility index (Phi) is 16.2. The van der Waals surface area contributed by atoms with E-state index in [4.69, 9.17) is 20.8 Å². The number of aromatic nitrogens is 3. The first-order valence-corrected chi connectivity index (χ1v) is 10.8. The molecule has 6 heteroatoms. The summed E-state index contributed by atoms with van der Waals surface area (Å²) in [6, 6.07) is 4.09. The first-order chi connectivity index (χ1) is 14.3. The van der Waals surface area contributed by atoms with Gasteiger partial charge in [-0.05, 0) is 37.0 Å². The molecule has 0 bridgehead atoms. The normalized spacial score (nSPS) is 9.33. The number of hydrogen-bond acceptors (Lipinski definition) is 6. The molecule has 170 valence electrons. The van der Waals surface area contributed by atoms with E-state index in [0.717, 1.165) is 47.6 Å². The molecule has 0 spiro atoms. The van der Waals surface area contributed by atoms with Crippen LogP contribution in [0.5, 0.6) is 0 Å². The van der Waals surface area contributed by atoms with Gasteiger partial charge >= 0.3 is 0 Å². The van der Waals surface area contributed by atoms with E-state index in [1.54, 1.807) is 0 Å². The summed E-state index contributed by atoms with van der Waals surface area (Å²) < 4.78 is 0. The Labute approximate surface area is 184 Å². The van der Waals surface area contributed by atoms with Crippen molar-refractivity contribution in [2.45, 2.75) is 74.1 Å². The summed E-state index contributed by atoms with van der Waals surface area (Å²) in [7, 11) is 2.87. The Bertz CT molecular complexity index is 758. The number of nitrogens with zero attached hydrogens (tertiary/aromatic N) is 3. The summed E-state index contributed by atoms with van der Waals surface area (Å²) in [5.41, 5.74) is 11.1. The minimum Gasteiger partial charge on any atom is -0.400 e. The Morgan fingerprint density at radius 1 is 1.10 bits per heavy atom. The fourth-order valence-corrected chi connectivity index (χ4v) is 2.44. The van der Waals surface area contributed by atoms with Gasteiger partial charge in [0.1, 0.15) is 17.3 Å². The van der Waals surface area contributed by atoms with Crippen LogP contribution in [0.2, 0.25) is 0 Å². The van der Waals surface area contributed by atoms with Gasteiger partial charge in [0.05, 0.1) is 11.4 Å². The summed E-state index contributed by atoms with van der Waals surface area (Å²) in [4.78, 5) is 14.0. The average molecular weight is 418 g/mol. The van der Waals surface area contributed by atoms with E-state index in [-0.39, 0.29) is 0 Å². The second-order valence-electron chi connectivity index (χ2n) is 6.63. The zero-order valence-electron chi connectivity index (χ0n) is 20.7. The standard InChI is InChI=1S/C18H25N5.C3H8.C2H6.CH4O/c1-7-13-16(23-15(11(4)5)17(19)21-13)12-8-9-14(10(2)3)22-18(12)20-6;1-3-2;2*1-2/h8-10H,4,7H2,1-3,5-6H3,(H2,19,21)(H,20,22);3H2,1-2H3;1-2H3;2H,1H3. The number of rotatable bonds is 5. The van der Waals surface area contributed by atoms with E-state index in [9.17, 15) is 0 Å². The van der Waals surface area contributed by atoms with Crippen LogP contribution in [0.1, 0.15) is 84.8 Å². The van der Waals surface area contributed by atoms with Gasteiger partial charge in [-0.2, -0.15) is 0 Å². The van der Waals surface area contributed by atoms with Crippen molar-refractivity contribution in [2.75, 3.05) is 25.2 Å². The summed E-state index contributed by atoms with van der Waals surface area (Å²) in [6.45, 7) is 20.4. The number of aryl methyl sites for hydroxylation is 1. The average Bonchev–Trinajstić information content (AvgIpc) is 2.76. The Morgan fingerprint density at radius 2 is 1.63 bits per heavy atom. The van der Waals surface area contributed by atoms with Crippen LogP contribution in [0.4, 0.5) is 11.6 Å². The molecule has 0 atom stereocenters. The van der Waals surface area contributed by atoms with Crippen LogP contribution in [0.3, 0.4) is 0 Å². The summed E-state index contributed by atoms with van der Waals surface area (Å²) >= 11 is 0. The second-order valence-corrected chi connectivity index (χ2v) is 6.63. The van der Waals surface area contributed by atoms with Gasteiger partial charge in [0, 0.05) is 25.4 Å². The smallest absolute Gasteiger partial charge is 0.150 e. The molecule has 0 saturated heterocycles. The van der Waals surface area contributed by atoms with Gasteiger partial charge in [0.2, 0.25) is 0 Å². The number of aliphatic hydroxyl groups is 1. The molecule has 2 rings (SSSR count). The van der Waals surface area contributed by atoms with Gasteiger partial charge in [0.25, 0.3) is 0 Å². The van der Waals surface area contributed by atoms with Gasteiger partial charge in [-0.25, -0.2) is 15.0 Å². The number of hydrogen-bond donors (Lipinski definition) is 3. The van der Waals surface area contributed by atoms with Crippen LogP contribution in [0.15, 0.2) is 18.7 Å². The van der Waals surface area contributed by atoms with Crippen molar-refractivity contribution in [1.82, 2.24) is 15.0 Å². The number of nitrogen functional groups attached to an aromatic ring is 1. The lowest BCUT2D eigenvalue weighted by Gasteiger charge is -2.15. The first kappa shape index (κ1) is 29.7. The number of aliphatic hydroxyl groups excluding tert-OH is 1. The number of anilines is 2. The third-order valence-electron chi connectivity index (χ3n) is 3.73. The fraction of sp³-hybridized carbons (Fsp3) is 0.542. The predicted octanol–water partition coefficient (Wildman–Crippen LogP) is 5.93. The quantitative estimate of drug-likeness (QED) is 0.557.